The van der Waals surface area contributed by atoms with Crippen molar-refractivity contribution in [2.24, 2.45) is 0 Å². The summed E-state index contributed by atoms with van der Waals surface area (Å²) in [5, 5.41) is 12.0. The molecule has 2 aromatic heterocycles. The number of rotatable bonds is 7. The molecule has 2 aromatic rings. The third kappa shape index (κ3) is 3.61. The SMILES string of the molecule is CCCn1cc(N[C@@H](C)CCn2cccn2)cn1. The molecular weight excluding hydrogens is 226 g/mol. The van der Waals surface area contributed by atoms with Gasteiger partial charge < -0.3 is 5.32 Å². The van der Waals surface area contributed by atoms with Crippen LogP contribution in [0.2, 0.25) is 0 Å². The molecule has 0 aliphatic rings. The Morgan fingerprint density at radius 2 is 2.17 bits per heavy atom. The van der Waals surface area contributed by atoms with Crippen LogP contribution in [-0.2, 0) is 13.1 Å². The van der Waals surface area contributed by atoms with Crippen molar-refractivity contribution in [1.29, 1.82) is 0 Å². The first-order chi connectivity index (χ1) is 8.78. The van der Waals surface area contributed by atoms with Crippen LogP contribution in [0.1, 0.15) is 26.7 Å². The molecule has 0 saturated carbocycles. The van der Waals surface area contributed by atoms with Crippen molar-refractivity contribution < 1.29 is 0 Å². The average Bonchev–Trinajstić information content (AvgIpc) is 2.99. The second kappa shape index (κ2) is 6.23. The van der Waals surface area contributed by atoms with Crippen molar-refractivity contribution in [2.75, 3.05) is 5.32 Å². The number of hydrogen-bond donors (Lipinski definition) is 1. The predicted molar refractivity (Wildman–Crippen MR) is 72.4 cm³/mol. The number of aromatic nitrogens is 4. The molecular formula is C13H21N5. The molecule has 0 amide bonds. The van der Waals surface area contributed by atoms with Gasteiger partial charge in [0.15, 0.2) is 0 Å². The minimum atomic E-state index is 0.411. The van der Waals surface area contributed by atoms with Gasteiger partial charge in [0.25, 0.3) is 0 Å². The minimum absolute atomic E-state index is 0.411. The summed E-state index contributed by atoms with van der Waals surface area (Å²) in [6, 6.07) is 2.36. The van der Waals surface area contributed by atoms with Crippen LogP contribution in [0.25, 0.3) is 0 Å². The van der Waals surface area contributed by atoms with E-state index in [1.807, 2.05) is 34.0 Å². The first kappa shape index (κ1) is 12.7. The molecule has 0 spiro atoms. The second-order valence-electron chi connectivity index (χ2n) is 4.60. The predicted octanol–water partition coefficient (Wildman–Crippen LogP) is 2.38. The molecule has 0 aliphatic heterocycles. The number of anilines is 1. The van der Waals surface area contributed by atoms with Crippen molar-refractivity contribution >= 4 is 5.69 Å². The Morgan fingerprint density at radius 3 is 2.89 bits per heavy atom. The van der Waals surface area contributed by atoms with Crippen LogP contribution in [0.15, 0.2) is 30.9 Å². The molecule has 1 atom stereocenters. The summed E-state index contributed by atoms with van der Waals surface area (Å²) in [7, 11) is 0. The minimum Gasteiger partial charge on any atom is -0.380 e. The summed E-state index contributed by atoms with van der Waals surface area (Å²) in [4.78, 5) is 0. The van der Waals surface area contributed by atoms with Crippen LogP contribution >= 0.6 is 0 Å². The Morgan fingerprint density at radius 1 is 1.28 bits per heavy atom. The third-order valence-corrected chi connectivity index (χ3v) is 2.85. The van der Waals surface area contributed by atoms with E-state index in [-0.39, 0.29) is 0 Å². The van der Waals surface area contributed by atoms with Crippen LogP contribution in [-0.4, -0.2) is 25.6 Å². The number of nitrogens with one attached hydrogen (secondary N) is 1. The summed E-state index contributed by atoms with van der Waals surface area (Å²) in [6.45, 7) is 6.25. The lowest BCUT2D eigenvalue weighted by Gasteiger charge is -2.13. The molecule has 1 N–H and O–H groups in total. The van der Waals surface area contributed by atoms with Gasteiger partial charge in [-0.15, -0.1) is 0 Å². The Balaban J connectivity index is 1.77. The Kier molecular flexibility index (Phi) is 4.39. The van der Waals surface area contributed by atoms with E-state index in [9.17, 15) is 0 Å². The maximum atomic E-state index is 4.31. The van der Waals surface area contributed by atoms with Gasteiger partial charge in [-0.1, -0.05) is 6.92 Å². The van der Waals surface area contributed by atoms with Gasteiger partial charge in [-0.2, -0.15) is 10.2 Å². The first-order valence-electron chi connectivity index (χ1n) is 6.54. The highest BCUT2D eigenvalue weighted by Crippen LogP contribution is 2.09. The van der Waals surface area contributed by atoms with E-state index in [1.165, 1.54) is 0 Å². The van der Waals surface area contributed by atoms with E-state index in [4.69, 9.17) is 0 Å². The summed E-state index contributed by atoms with van der Waals surface area (Å²) < 4.78 is 3.93. The topological polar surface area (TPSA) is 47.7 Å². The molecule has 18 heavy (non-hydrogen) atoms. The van der Waals surface area contributed by atoms with Gasteiger partial charge in [-0.3, -0.25) is 9.36 Å². The molecule has 0 bridgehead atoms. The van der Waals surface area contributed by atoms with Crippen LogP contribution in [0, 0.1) is 0 Å². The zero-order valence-corrected chi connectivity index (χ0v) is 11.1. The lowest BCUT2D eigenvalue weighted by molar-refractivity contribution is 0.545. The van der Waals surface area contributed by atoms with Crippen molar-refractivity contribution in [3.63, 3.8) is 0 Å². The molecule has 2 rings (SSSR count). The normalized spacial score (nSPS) is 12.6. The van der Waals surface area contributed by atoms with E-state index >= 15 is 0 Å². The summed E-state index contributed by atoms with van der Waals surface area (Å²) in [5.41, 5.74) is 1.09. The molecule has 5 heteroatoms. The summed E-state index contributed by atoms with van der Waals surface area (Å²) in [6.07, 6.45) is 9.91. The van der Waals surface area contributed by atoms with E-state index in [0.717, 1.165) is 31.6 Å². The molecule has 0 unspecified atom stereocenters. The highest BCUT2D eigenvalue weighted by atomic mass is 15.3. The molecule has 2 heterocycles. The van der Waals surface area contributed by atoms with E-state index in [2.05, 4.69) is 35.6 Å². The number of nitrogens with zero attached hydrogens (tertiary/aromatic N) is 4. The Labute approximate surface area is 108 Å². The Hall–Kier alpha value is -1.78. The maximum absolute atomic E-state index is 4.31. The van der Waals surface area contributed by atoms with Gasteiger partial charge in [-0.05, 0) is 25.8 Å². The Bertz CT molecular complexity index is 446. The quantitative estimate of drug-likeness (QED) is 0.817. The summed E-state index contributed by atoms with van der Waals surface area (Å²) in [5.74, 6) is 0. The van der Waals surface area contributed by atoms with Gasteiger partial charge >= 0.3 is 0 Å². The second-order valence-corrected chi connectivity index (χ2v) is 4.60. The fourth-order valence-electron chi connectivity index (χ4n) is 1.90. The molecule has 0 aromatic carbocycles. The molecule has 5 nitrogen and oxygen atoms in total. The van der Waals surface area contributed by atoms with Crippen molar-refractivity contribution in [3.8, 4) is 0 Å². The van der Waals surface area contributed by atoms with Crippen molar-refractivity contribution in [2.45, 2.75) is 45.8 Å². The van der Waals surface area contributed by atoms with Crippen LogP contribution in [0.5, 0.6) is 0 Å². The number of hydrogen-bond acceptors (Lipinski definition) is 3. The fourth-order valence-corrected chi connectivity index (χ4v) is 1.90. The highest BCUT2D eigenvalue weighted by molar-refractivity contribution is 5.38. The van der Waals surface area contributed by atoms with E-state index < -0.39 is 0 Å². The van der Waals surface area contributed by atoms with Gasteiger partial charge in [0.05, 0.1) is 11.9 Å². The monoisotopic (exact) mass is 247 g/mol. The third-order valence-electron chi connectivity index (χ3n) is 2.85. The molecule has 0 fully saturated rings. The molecule has 98 valence electrons. The maximum Gasteiger partial charge on any atom is 0.0728 e. The van der Waals surface area contributed by atoms with Gasteiger partial charge in [0, 0.05) is 37.7 Å². The van der Waals surface area contributed by atoms with Crippen molar-refractivity contribution in [3.05, 3.63) is 30.9 Å². The van der Waals surface area contributed by atoms with E-state index in [0.29, 0.717) is 6.04 Å². The van der Waals surface area contributed by atoms with Gasteiger partial charge in [0.1, 0.15) is 0 Å². The molecule has 0 saturated heterocycles. The fraction of sp³-hybridized carbons (Fsp3) is 0.538. The smallest absolute Gasteiger partial charge is 0.0728 e. The van der Waals surface area contributed by atoms with Crippen LogP contribution in [0.3, 0.4) is 0 Å². The van der Waals surface area contributed by atoms with E-state index in [1.54, 1.807) is 0 Å². The average molecular weight is 247 g/mol. The number of aryl methyl sites for hydroxylation is 2. The highest BCUT2D eigenvalue weighted by Gasteiger charge is 2.04. The zero-order valence-electron chi connectivity index (χ0n) is 11.1. The molecule has 0 aliphatic carbocycles. The van der Waals surface area contributed by atoms with Crippen LogP contribution < -0.4 is 5.32 Å². The largest absolute Gasteiger partial charge is 0.380 e. The standard InChI is InChI=1S/C13H21N5/c1-3-7-18-11-13(10-15-18)16-12(2)5-9-17-8-4-6-14-17/h4,6,8,10-12,16H,3,5,7,9H2,1-2H3/t12-/m0/s1. The zero-order chi connectivity index (χ0) is 12.8. The van der Waals surface area contributed by atoms with Gasteiger partial charge in [-0.25, -0.2) is 0 Å². The lowest BCUT2D eigenvalue weighted by atomic mass is 10.2. The lowest BCUT2D eigenvalue weighted by Crippen LogP contribution is -2.17. The van der Waals surface area contributed by atoms with Gasteiger partial charge in [0.2, 0.25) is 0 Å². The summed E-state index contributed by atoms with van der Waals surface area (Å²) >= 11 is 0. The van der Waals surface area contributed by atoms with Crippen molar-refractivity contribution in [1.82, 2.24) is 19.6 Å². The first-order valence-corrected chi connectivity index (χ1v) is 6.54. The molecule has 0 radical (unpaired) electrons. The van der Waals surface area contributed by atoms with Crippen LogP contribution in [0.4, 0.5) is 5.69 Å².